The fourth-order valence-electron chi connectivity index (χ4n) is 1.23. The van der Waals surface area contributed by atoms with Crippen molar-refractivity contribution in [1.82, 2.24) is 0 Å². The third-order valence-corrected chi connectivity index (χ3v) is 2.83. The largest absolute Gasteiger partial charge is 0.308 e. The summed E-state index contributed by atoms with van der Waals surface area (Å²) >= 11 is 0. The van der Waals surface area contributed by atoms with Crippen molar-refractivity contribution in [1.29, 1.82) is 0 Å². The van der Waals surface area contributed by atoms with E-state index in [9.17, 15) is 38.8 Å². The van der Waals surface area contributed by atoms with E-state index in [-0.39, 0.29) is 34.5 Å². The maximum atomic E-state index is 10.9. The van der Waals surface area contributed by atoms with Crippen LogP contribution in [0.4, 0.5) is 17.1 Å². The summed E-state index contributed by atoms with van der Waals surface area (Å²) in [5, 5.41) is 31.7. The van der Waals surface area contributed by atoms with Gasteiger partial charge in [-0.2, -0.15) is 8.42 Å². The summed E-state index contributed by atoms with van der Waals surface area (Å²) < 4.78 is 30.7. The van der Waals surface area contributed by atoms with Crippen LogP contribution in [0.1, 0.15) is 0 Å². The molecular formula is C6H3AgN3O9S. The van der Waals surface area contributed by atoms with Gasteiger partial charge in [0.2, 0.25) is 4.90 Å². The Labute approximate surface area is 125 Å². The molecule has 1 aromatic carbocycles. The first-order valence-electron chi connectivity index (χ1n) is 4.14. The van der Waals surface area contributed by atoms with Crippen molar-refractivity contribution in [2.75, 3.05) is 0 Å². The van der Waals surface area contributed by atoms with Crippen LogP contribution in [-0.4, -0.2) is 27.7 Å². The van der Waals surface area contributed by atoms with Crippen molar-refractivity contribution in [3.8, 4) is 0 Å². The molecule has 1 rings (SSSR count). The summed E-state index contributed by atoms with van der Waals surface area (Å²) in [6, 6.07) is 0.409. The van der Waals surface area contributed by atoms with Gasteiger partial charge in [-0.3, -0.25) is 34.9 Å². The standard InChI is InChI=1S/C6H3N3O9S.Ag/c10-7(11)3-1-4(8(12)13)6(19(16,17)18)5(2-3)9(14)15;/h1-2H,(H,16,17,18);. The van der Waals surface area contributed by atoms with E-state index >= 15 is 0 Å². The molecule has 0 fully saturated rings. The molecule has 0 aliphatic rings. The van der Waals surface area contributed by atoms with Gasteiger partial charge in [0.15, 0.2) is 0 Å². The first-order chi connectivity index (χ1) is 8.55. The number of nitrogens with zero attached hydrogens (tertiary/aromatic N) is 3. The summed E-state index contributed by atoms with van der Waals surface area (Å²) in [5.41, 5.74) is -3.96. The predicted molar refractivity (Wildman–Crippen MR) is 56.2 cm³/mol. The van der Waals surface area contributed by atoms with Gasteiger partial charge in [-0.25, -0.2) is 0 Å². The fourth-order valence-corrected chi connectivity index (χ4v) is 2.02. The van der Waals surface area contributed by atoms with Crippen molar-refractivity contribution < 1.29 is 50.1 Å². The van der Waals surface area contributed by atoms with Gasteiger partial charge in [0.05, 0.1) is 26.9 Å². The Hall–Kier alpha value is -1.93. The molecule has 14 heteroatoms. The number of benzene rings is 1. The van der Waals surface area contributed by atoms with Gasteiger partial charge in [0.1, 0.15) is 0 Å². The SMILES string of the molecule is O=[N+]([O-])c1cc([N+](=O)[O-])c(S(=O)(=O)O)c([N+](=O)[O-])c1.[Ag]. The third-order valence-electron chi connectivity index (χ3n) is 1.90. The number of hydrogen-bond acceptors (Lipinski definition) is 8. The van der Waals surface area contributed by atoms with E-state index in [4.69, 9.17) is 4.55 Å². The second-order valence-electron chi connectivity index (χ2n) is 3.06. The minimum absolute atomic E-state index is 0. The van der Waals surface area contributed by atoms with Crippen LogP contribution in [0.5, 0.6) is 0 Å². The van der Waals surface area contributed by atoms with Gasteiger partial charge in [-0.05, 0) is 0 Å². The molecule has 0 saturated heterocycles. The number of nitro groups is 3. The van der Waals surface area contributed by atoms with E-state index in [1.165, 1.54) is 0 Å². The normalized spacial score (nSPS) is 10.4. The molecule has 0 unspecified atom stereocenters. The molecular weight excluding hydrogens is 398 g/mol. The molecule has 0 atom stereocenters. The van der Waals surface area contributed by atoms with Crippen LogP contribution in [0, 0.1) is 30.3 Å². The first kappa shape index (κ1) is 18.1. The summed E-state index contributed by atoms with van der Waals surface area (Å²) in [4.78, 5) is 26.1. The average molecular weight is 401 g/mol. The van der Waals surface area contributed by atoms with Crippen LogP contribution in [-0.2, 0) is 32.5 Å². The van der Waals surface area contributed by atoms with Gasteiger partial charge >= 0.3 is 21.5 Å². The number of hydrogen-bond donors (Lipinski definition) is 1. The fraction of sp³-hybridized carbons (Fsp3) is 0. The first-order valence-corrected chi connectivity index (χ1v) is 5.58. The Morgan fingerprint density at radius 3 is 1.45 bits per heavy atom. The summed E-state index contributed by atoms with van der Waals surface area (Å²) in [6.07, 6.45) is 0. The molecule has 0 aromatic heterocycles. The second kappa shape index (κ2) is 6.02. The minimum atomic E-state index is -5.30. The van der Waals surface area contributed by atoms with E-state index in [0.717, 1.165) is 0 Å². The van der Waals surface area contributed by atoms with Crippen molar-refractivity contribution in [2.45, 2.75) is 4.90 Å². The Kier molecular flexibility index (Phi) is 5.44. The van der Waals surface area contributed by atoms with Crippen molar-refractivity contribution in [2.24, 2.45) is 0 Å². The molecule has 113 valence electrons. The van der Waals surface area contributed by atoms with Crippen LogP contribution in [0.2, 0.25) is 0 Å². The molecule has 0 aliphatic heterocycles. The van der Waals surface area contributed by atoms with Crippen LogP contribution < -0.4 is 0 Å². The number of non-ortho nitro benzene ring substituents is 1. The molecule has 12 nitrogen and oxygen atoms in total. The van der Waals surface area contributed by atoms with E-state index in [0.29, 0.717) is 0 Å². The van der Waals surface area contributed by atoms with Crippen LogP contribution >= 0.6 is 0 Å². The molecule has 1 aromatic rings. The van der Waals surface area contributed by atoms with E-state index < -0.39 is 46.8 Å². The summed E-state index contributed by atoms with van der Waals surface area (Å²) in [5.74, 6) is 0. The molecule has 1 radical (unpaired) electrons. The minimum Gasteiger partial charge on any atom is -0.281 e. The van der Waals surface area contributed by atoms with Crippen molar-refractivity contribution >= 4 is 27.2 Å². The van der Waals surface area contributed by atoms with Gasteiger partial charge in [0.25, 0.3) is 5.69 Å². The molecule has 1 N–H and O–H groups in total. The van der Waals surface area contributed by atoms with Gasteiger partial charge in [-0.15, -0.1) is 0 Å². The topological polar surface area (TPSA) is 184 Å². The monoisotopic (exact) mass is 400 g/mol. The predicted octanol–water partition coefficient (Wildman–Crippen LogP) is 0.655. The molecule has 20 heavy (non-hydrogen) atoms. The maximum Gasteiger partial charge on any atom is 0.308 e. The second-order valence-corrected chi connectivity index (χ2v) is 4.42. The molecule has 0 spiro atoms. The van der Waals surface area contributed by atoms with Crippen molar-refractivity contribution in [3.05, 3.63) is 42.5 Å². The van der Waals surface area contributed by atoms with Gasteiger partial charge < -0.3 is 0 Å². The Morgan fingerprint density at radius 1 is 0.900 bits per heavy atom. The van der Waals surface area contributed by atoms with E-state index in [1.54, 1.807) is 0 Å². The van der Waals surface area contributed by atoms with E-state index in [2.05, 4.69) is 0 Å². The number of nitro benzene ring substituents is 3. The molecule has 0 amide bonds. The molecule has 0 bridgehead atoms. The molecule has 0 aliphatic carbocycles. The Morgan fingerprint density at radius 2 is 1.25 bits per heavy atom. The smallest absolute Gasteiger partial charge is 0.281 e. The number of rotatable bonds is 4. The molecule has 0 saturated carbocycles. The summed E-state index contributed by atoms with van der Waals surface area (Å²) in [7, 11) is -5.30. The zero-order valence-electron chi connectivity index (χ0n) is 8.92. The zero-order valence-corrected chi connectivity index (χ0v) is 11.2. The summed E-state index contributed by atoms with van der Waals surface area (Å²) in [6.45, 7) is 0. The van der Waals surface area contributed by atoms with E-state index in [1.807, 2.05) is 0 Å². The maximum absolute atomic E-state index is 10.9. The third kappa shape index (κ3) is 3.55. The van der Waals surface area contributed by atoms with Gasteiger partial charge in [0, 0.05) is 22.4 Å². The van der Waals surface area contributed by atoms with Crippen LogP contribution in [0.3, 0.4) is 0 Å². The average Bonchev–Trinajstić information content (AvgIpc) is 2.25. The Bertz CT molecular complexity index is 665. The zero-order chi connectivity index (χ0) is 15.0. The van der Waals surface area contributed by atoms with Gasteiger partial charge in [-0.1, -0.05) is 0 Å². The van der Waals surface area contributed by atoms with Crippen LogP contribution in [0.25, 0.3) is 0 Å². The quantitative estimate of drug-likeness (QED) is 0.327. The van der Waals surface area contributed by atoms with Crippen LogP contribution in [0.15, 0.2) is 17.0 Å². The van der Waals surface area contributed by atoms with Crippen molar-refractivity contribution in [3.63, 3.8) is 0 Å². The Balaban J connectivity index is 0.00000361. The molecule has 0 heterocycles.